The lowest BCUT2D eigenvalue weighted by atomic mass is 10.1. The molecule has 5 N–H and O–H groups in total. The zero-order chi connectivity index (χ0) is 12.3. The number of nitrogens with one attached hydrogen (secondary N) is 1. The van der Waals surface area contributed by atoms with E-state index in [1.807, 2.05) is 18.2 Å². The normalized spacial score (nSPS) is 10.4. The largest absolute Gasteiger partial charge is 0.397 e. The van der Waals surface area contributed by atoms with Crippen molar-refractivity contribution in [1.82, 2.24) is 4.98 Å². The van der Waals surface area contributed by atoms with Crippen LogP contribution in [0.5, 0.6) is 0 Å². The molecule has 1 aromatic carbocycles. The van der Waals surface area contributed by atoms with Crippen molar-refractivity contribution in [1.29, 1.82) is 0 Å². The molecule has 0 aliphatic rings. The summed E-state index contributed by atoms with van der Waals surface area (Å²) in [5.74, 6) is -0.332. The number of nitrogens with two attached hydrogens (primary N) is 2. The summed E-state index contributed by atoms with van der Waals surface area (Å²) in [5, 5.41) is 5.03. The van der Waals surface area contributed by atoms with E-state index in [9.17, 15) is 4.79 Å². The van der Waals surface area contributed by atoms with Gasteiger partial charge in [0.05, 0.1) is 11.4 Å². The van der Waals surface area contributed by atoms with E-state index in [0.717, 1.165) is 16.5 Å². The minimum absolute atomic E-state index is 0.286. The molecular weight excluding hydrogens is 216 g/mol. The average molecular weight is 230 g/mol. The maximum Gasteiger partial charge on any atom is 0.219 e. The van der Waals surface area contributed by atoms with Crippen molar-refractivity contribution in [2.45, 2.75) is 6.42 Å². The Bertz CT molecular complexity index is 553. The van der Waals surface area contributed by atoms with Crippen LogP contribution in [0, 0.1) is 0 Å². The Kier molecular flexibility index (Phi) is 3.09. The second-order valence-corrected chi connectivity index (χ2v) is 3.77. The van der Waals surface area contributed by atoms with Crippen molar-refractivity contribution < 1.29 is 4.79 Å². The molecule has 0 atom stereocenters. The van der Waals surface area contributed by atoms with Gasteiger partial charge in [0.25, 0.3) is 0 Å². The smallest absolute Gasteiger partial charge is 0.219 e. The highest BCUT2D eigenvalue weighted by Crippen LogP contribution is 2.27. The maximum absolute atomic E-state index is 10.6. The summed E-state index contributed by atoms with van der Waals surface area (Å²) in [4.78, 5) is 14.7. The van der Waals surface area contributed by atoms with Crippen LogP contribution < -0.4 is 16.8 Å². The highest BCUT2D eigenvalue weighted by Gasteiger charge is 2.04. The third-order valence-corrected chi connectivity index (χ3v) is 2.55. The summed E-state index contributed by atoms with van der Waals surface area (Å²) in [6.07, 6.45) is 3.75. The maximum atomic E-state index is 10.6. The number of anilines is 2. The zero-order valence-electron chi connectivity index (χ0n) is 9.31. The zero-order valence-corrected chi connectivity index (χ0v) is 9.31. The quantitative estimate of drug-likeness (QED) is 0.685. The number of carbonyl (C=O) groups excluding carboxylic acids is 1. The molecule has 0 saturated carbocycles. The number of pyridine rings is 1. The van der Waals surface area contributed by atoms with Gasteiger partial charge in [0.1, 0.15) is 0 Å². The molecule has 0 aliphatic heterocycles. The second-order valence-electron chi connectivity index (χ2n) is 3.77. The minimum Gasteiger partial charge on any atom is -0.397 e. The fourth-order valence-electron chi connectivity index (χ4n) is 1.67. The first-order valence-corrected chi connectivity index (χ1v) is 5.33. The number of hydrogen-bond acceptors (Lipinski definition) is 4. The van der Waals surface area contributed by atoms with Crippen LogP contribution in [-0.4, -0.2) is 17.4 Å². The fourth-order valence-corrected chi connectivity index (χ4v) is 1.67. The van der Waals surface area contributed by atoms with Gasteiger partial charge in [-0.1, -0.05) is 6.07 Å². The molecule has 2 aromatic rings. The summed E-state index contributed by atoms with van der Waals surface area (Å²) < 4.78 is 0. The molecule has 0 fully saturated rings. The van der Waals surface area contributed by atoms with Gasteiger partial charge < -0.3 is 16.8 Å². The molecule has 5 nitrogen and oxygen atoms in total. The molecule has 0 spiro atoms. The SMILES string of the molecule is NC(=O)CCNc1ccc2cnccc2c1N. The monoisotopic (exact) mass is 230 g/mol. The standard InChI is InChI=1S/C12H14N4O/c13-11(17)4-6-16-10-2-1-8-7-15-5-3-9(8)12(10)14/h1-3,5,7,16H,4,6,14H2,(H2,13,17). The highest BCUT2D eigenvalue weighted by atomic mass is 16.1. The van der Waals surface area contributed by atoms with Crippen molar-refractivity contribution in [2.24, 2.45) is 5.73 Å². The predicted octanol–water partition coefficient (Wildman–Crippen LogP) is 1.10. The van der Waals surface area contributed by atoms with E-state index < -0.39 is 0 Å². The first-order valence-electron chi connectivity index (χ1n) is 5.33. The number of rotatable bonds is 4. The van der Waals surface area contributed by atoms with Crippen LogP contribution in [0.2, 0.25) is 0 Å². The third-order valence-electron chi connectivity index (χ3n) is 2.55. The Morgan fingerprint density at radius 2 is 2.18 bits per heavy atom. The highest BCUT2D eigenvalue weighted by molar-refractivity contribution is 5.98. The van der Waals surface area contributed by atoms with Gasteiger partial charge in [0, 0.05) is 36.1 Å². The number of hydrogen-bond donors (Lipinski definition) is 3. The second kappa shape index (κ2) is 4.69. The van der Waals surface area contributed by atoms with Crippen LogP contribution in [0.15, 0.2) is 30.6 Å². The molecule has 0 bridgehead atoms. The summed E-state index contributed by atoms with van der Waals surface area (Å²) in [5.41, 5.74) is 12.6. The van der Waals surface area contributed by atoms with Crippen molar-refractivity contribution in [3.63, 3.8) is 0 Å². The van der Waals surface area contributed by atoms with Crippen LogP contribution in [0.25, 0.3) is 10.8 Å². The van der Waals surface area contributed by atoms with Crippen molar-refractivity contribution in [3.05, 3.63) is 30.6 Å². The van der Waals surface area contributed by atoms with E-state index in [0.29, 0.717) is 12.2 Å². The van der Waals surface area contributed by atoms with E-state index in [1.165, 1.54) is 0 Å². The molecule has 0 unspecified atom stereocenters. The summed E-state index contributed by atoms with van der Waals surface area (Å²) in [6, 6.07) is 5.68. The van der Waals surface area contributed by atoms with Crippen molar-refractivity contribution in [2.75, 3.05) is 17.6 Å². The summed E-state index contributed by atoms with van der Waals surface area (Å²) in [7, 11) is 0. The summed E-state index contributed by atoms with van der Waals surface area (Å²) >= 11 is 0. The van der Waals surface area contributed by atoms with Crippen molar-refractivity contribution in [3.8, 4) is 0 Å². The number of nitrogen functional groups attached to an aromatic ring is 1. The molecule has 1 heterocycles. The van der Waals surface area contributed by atoms with Crippen LogP contribution in [0.1, 0.15) is 6.42 Å². The molecule has 0 saturated heterocycles. The van der Waals surface area contributed by atoms with E-state index in [-0.39, 0.29) is 12.3 Å². The van der Waals surface area contributed by atoms with E-state index in [2.05, 4.69) is 10.3 Å². The molecule has 1 amide bonds. The van der Waals surface area contributed by atoms with Crippen LogP contribution in [0.3, 0.4) is 0 Å². The van der Waals surface area contributed by atoms with Crippen LogP contribution in [0.4, 0.5) is 11.4 Å². The Balaban J connectivity index is 2.23. The third kappa shape index (κ3) is 2.44. The van der Waals surface area contributed by atoms with Gasteiger partial charge in [-0.25, -0.2) is 0 Å². The molecule has 17 heavy (non-hydrogen) atoms. The molecular formula is C12H14N4O. The Morgan fingerprint density at radius 3 is 2.94 bits per heavy atom. The van der Waals surface area contributed by atoms with Gasteiger partial charge in [-0.2, -0.15) is 0 Å². The molecule has 2 rings (SSSR count). The molecule has 1 aromatic heterocycles. The van der Waals surface area contributed by atoms with Gasteiger partial charge in [-0.05, 0) is 12.1 Å². The van der Waals surface area contributed by atoms with Gasteiger partial charge in [0.2, 0.25) is 5.91 Å². The van der Waals surface area contributed by atoms with E-state index in [1.54, 1.807) is 12.4 Å². The number of aromatic nitrogens is 1. The number of fused-ring (bicyclic) bond motifs is 1. The Hall–Kier alpha value is -2.30. The number of carbonyl (C=O) groups is 1. The Labute approximate surface area is 98.8 Å². The fraction of sp³-hybridized carbons (Fsp3) is 0.167. The number of amides is 1. The topological polar surface area (TPSA) is 94.0 Å². The van der Waals surface area contributed by atoms with Gasteiger partial charge in [-0.3, -0.25) is 9.78 Å². The Morgan fingerprint density at radius 1 is 1.35 bits per heavy atom. The lowest BCUT2D eigenvalue weighted by Crippen LogP contribution is -2.16. The summed E-state index contributed by atoms with van der Waals surface area (Å²) in [6.45, 7) is 0.482. The van der Waals surface area contributed by atoms with Gasteiger partial charge >= 0.3 is 0 Å². The van der Waals surface area contributed by atoms with Gasteiger partial charge in [-0.15, -0.1) is 0 Å². The van der Waals surface area contributed by atoms with Crippen LogP contribution >= 0.6 is 0 Å². The number of benzene rings is 1. The average Bonchev–Trinajstić information content (AvgIpc) is 2.32. The number of nitrogens with zero attached hydrogens (tertiary/aromatic N) is 1. The molecule has 0 radical (unpaired) electrons. The van der Waals surface area contributed by atoms with E-state index >= 15 is 0 Å². The minimum atomic E-state index is -0.332. The molecule has 5 heteroatoms. The lowest BCUT2D eigenvalue weighted by molar-refractivity contribution is -0.117. The van der Waals surface area contributed by atoms with Crippen LogP contribution in [-0.2, 0) is 4.79 Å². The first-order chi connectivity index (χ1) is 8.18. The lowest BCUT2D eigenvalue weighted by Gasteiger charge is -2.10. The predicted molar refractivity (Wildman–Crippen MR) is 68.5 cm³/mol. The number of primary amides is 1. The molecule has 88 valence electrons. The van der Waals surface area contributed by atoms with Crippen molar-refractivity contribution >= 4 is 28.1 Å². The van der Waals surface area contributed by atoms with E-state index in [4.69, 9.17) is 11.5 Å². The molecule has 0 aliphatic carbocycles. The van der Waals surface area contributed by atoms with Gasteiger partial charge in [0.15, 0.2) is 0 Å². The first kappa shape index (κ1) is 11.2.